The number of alkyl halides is 9. The van der Waals surface area contributed by atoms with Gasteiger partial charge in [-0.25, -0.2) is 0 Å². The Balaban J connectivity index is 2.02. The minimum Gasteiger partial charge on any atom is -0.454 e. The lowest BCUT2D eigenvalue weighted by Gasteiger charge is -2.13. The monoisotopic (exact) mass is 482 g/mol. The topological polar surface area (TPSA) is 59.9 Å². The Morgan fingerprint density at radius 2 is 1.33 bits per heavy atom. The quantitative estimate of drug-likeness (QED) is 0.435. The Bertz CT molecular complexity index is 1130. The second-order valence-electron chi connectivity index (χ2n) is 6.45. The fraction of sp³-hybridized carbons (Fsp3) is 0.211. The molecule has 0 unspecified atom stereocenters. The summed E-state index contributed by atoms with van der Waals surface area (Å²) in [4.78, 5) is 11.0. The highest BCUT2D eigenvalue weighted by molar-refractivity contribution is 5.61. The minimum atomic E-state index is -4.78. The van der Waals surface area contributed by atoms with Crippen molar-refractivity contribution in [2.24, 2.45) is 0 Å². The SMILES string of the molecule is FC(F)(F)COc1nc(Nc2cccc(C(F)(F)F)c2)nc(-c2cccc(C(F)(F)F)c2)n1. The van der Waals surface area contributed by atoms with Crippen LogP contribution in [-0.2, 0) is 12.4 Å². The minimum absolute atomic E-state index is 0.187. The molecule has 3 rings (SSSR count). The van der Waals surface area contributed by atoms with Crippen molar-refractivity contribution in [3.05, 3.63) is 59.7 Å². The highest BCUT2D eigenvalue weighted by atomic mass is 19.4. The van der Waals surface area contributed by atoms with E-state index in [-0.39, 0.29) is 11.3 Å². The van der Waals surface area contributed by atoms with Crippen molar-refractivity contribution in [3.8, 4) is 17.4 Å². The number of benzene rings is 2. The zero-order chi connectivity index (χ0) is 24.4. The van der Waals surface area contributed by atoms with Gasteiger partial charge in [-0.1, -0.05) is 18.2 Å². The average Bonchev–Trinajstić information content (AvgIpc) is 2.71. The lowest BCUT2D eigenvalue weighted by molar-refractivity contribution is -0.154. The highest BCUT2D eigenvalue weighted by Gasteiger charge is 2.32. The summed E-state index contributed by atoms with van der Waals surface area (Å²) in [5.41, 5.74) is -2.54. The lowest BCUT2D eigenvalue weighted by Crippen LogP contribution is -2.20. The summed E-state index contributed by atoms with van der Waals surface area (Å²) in [6.45, 7) is -1.82. The molecular weight excluding hydrogens is 471 g/mol. The van der Waals surface area contributed by atoms with Crippen molar-refractivity contribution in [3.63, 3.8) is 0 Å². The molecule has 0 aliphatic heterocycles. The molecule has 5 nitrogen and oxygen atoms in total. The number of nitrogens with one attached hydrogen (secondary N) is 1. The summed E-state index contributed by atoms with van der Waals surface area (Å²) in [5, 5.41) is 2.36. The Hall–Kier alpha value is -3.58. The summed E-state index contributed by atoms with van der Waals surface area (Å²) in [7, 11) is 0. The molecule has 0 spiro atoms. The van der Waals surface area contributed by atoms with Crippen LogP contribution in [0.1, 0.15) is 11.1 Å². The summed E-state index contributed by atoms with van der Waals surface area (Å²) in [6, 6.07) is 6.41. The standard InChI is InChI=1S/C19H11F9N4O/c20-17(21,22)9-33-16-31-14(10-3-1-4-11(7-10)18(23,24)25)30-15(32-16)29-13-6-2-5-12(8-13)19(26,27)28/h1-8H,9H2,(H,29,30,31,32). The van der Waals surface area contributed by atoms with E-state index in [1.165, 1.54) is 6.07 Å². The lowest BCUT2D eigenvalue weighted by atomic mass is 10.1. The van der Waals surface area contributed by atoms with Crippen LogP contribution >= 0.6 is 0 Å². The predicted molar refractivity (Wildman–Crippen MR) is 96.5 cm³/mol. The summed E-state index contributed by atoms with van der Waals surface area (Å²) in [6.07, 6.45) is -14.2. The van der Waals surface area contributed by atoms with Gasteiger partial charge in [0.2, 0.25) is 5.95 Å². The maximum absolute atomic E-state index is 13.0. The van der Waals surface area contributed by atoms with Crippen molar-refractivity contribution in [1.82, 2.24) is 15.0 Å². The van der Waals surface area contributed by atoms with E-state index in [0.29, 0.717) is 12.1 Å². The smallest absolute Gasteiger partial charge is 0.422 e. The number of ether oxygens (including phenoxy) is 1. The van der Waals surface area contributed by atoms with Crippen LogP contribution in [0.5, 0.6) is 6.01 Å². The van der Waals surface area contributed by atoms with Crippen molar-refractivity contribution in [1.29, 1.82) is 0 Å². The molecule has 3 aromatic rings. The fourth-order valence-electron chi connectivity index (χ4n) is 2.49. The fourth-order valence-corrected chi connectivity index (χ4v) is 2.49. The van der Waals surface area contributed by atoms with E-state index in [4.69, 9.17) is 0 Å². The number of halogens is 9. The molecule has 0 saturated carbocycles. The van der Waals surface area contributed by atoms with Gasteiger partial charge >= 0.3 is 24.5 Å². The van der Waals surface area contributed by atoms with Crippen LogP contribution < -0.4 is 10.1 Å². The predicted octanol–water partition coefficient (Wildman–Crippen LogP) is 6.26. The van der Waals surface area contributed by atoms with Gasteiger partial charge in [0.1, 0.15) is 0 Å². The van der Waals surface area contributed by atoms with Crippen molar-refractivity contribution in [2.45, 2.75) is 18.5 Å². The second-order valence-corrected chi connectivity index (χ2v) is 6.45. The van der Waals surface area contributed by atoms with Crippen molar-refractivity contribution in [2.75, 3.05) is 11.9 Å². The first-order chi connectivity index (χ1) is 15.2. The first-order valence-corrected chi connectivity index (χ1v) is 8.78. The number of nitrogens with zero attached hydrogens (tertiary/aromatic N) is 3. The highest BCUT2D eigenvalue weighted by Crippen LogP contribution is 2.33. The molecule has 14 heteroatoms. The van der Waals surface area contributed by atoms with Gasteiger partial charge in [-0.15, -0.1) is 0 Å². The molecule has 1 N–H and O–H groups in total. The van der Waals surface area contributed by atoms with E-state index in [1.807, 2.05) is 0 Å². The number of hydrogen-bond acceptors (Lipinski definition) is 5. The molecule has 0 saturated heterocycles. The van der Waals surface area contributed by atoms with Gasteiger partial charge < -0.3 is 10.1 Å². The molecule has 1 heterocycles. The number of anilines is 2. The van der Waals surface area contributed by atoms with Gasteiger partial charge in [0.05, 0.1) is 11.1 Å². The van der Waals surface area contributed by atoms with Crippen LogP contribution in [0.15, 0.2) is 48.5 Å². The van der Waals surface area contributed by atoms with Gasteiger partial charge in [0.15, 0.2) is 12.4 Å². The Morgan fingerprint density at radius 3 is 1.94 bits per heavy atom. The molecule has 0 atom stereocenters. The van der Waals surface area contributed by atoms with Crippen LogP contribution in [0.4, 0.5) is 51.1 Å². The molecule has 2 aromatic carbocycles. The van der Waals surface area contributed by atoms with E-state index in [2.05, 4.69) is 25.0 Å². The van der Waals surface area contributed by atoms with E-state index in [9.17, 15) is 39.5 Å². The molecular formula is C19H11F9N4O. The second kappa shape index (κ2) is 8.75. The number of aromatic nitrogens is 3. The summed E-state index contributed by atoms with van der Waals surface area (Å²) >= 11 is 0. The van der Waals surface area contributed by atoms with Crippen LogP contribution in [0.25, 0.3) is 11.4 Å². The van der Waals surface area contributed by atoms with Crippen LogP contribution in [0.3, 0.4) is 0 Å². The van der Waals surface area contributed by atoms with Crippen molar-refractivity contribution < 1.29 is 44.3 Å². The largest absolute Gasteiger partial charge is 0.454 e. The average molecular weight is 482 g/mol. The maximum atomic E-state index is 13.0. The third kappa shape index (κ3) is 6.70. The molecule has 0 radical (unpaired) electrons. The Kier molecular flexibility index (Phi) is 6.38. The van der Waals surface area contributed by atoms with Gasteiger partial charge in [0, 0.05) is 11.3 Å². The summed E-state index contributed by atoms with van der Waals surface area (Å²) < 4.78 is 120. The van der Waals surface area contributed by atoms with E-state index in [0.717, 1.165) is 30.3 Å². The zero-order valence-corrected chi connectivity index (χ0v) is 16.0. The molecule has 0 amide bonds. The third-order valence-corrected chi connectivity index (χ3v) is 3.87. The van der Waals surface area contributed by atoms with Crippen LogP contribution in [0.2, 0.25) is 0 Å². The van der Waals surface area contributed by atoms with E-state index < -0.39 is 54.0 Å². The first kappa shape index (κ1) is 24.1. The van der Waals surface area contributed by atoms with Gasteiger partial charge in [-0.05, 0) is 30.3 Å². The van der Waals surface area contributed by atoms with Crippen LogP contribution in [-0.4, -0.2) is 27.7 Å². The molecule has 1 aromatic heterocycles. The molecule has 0 fully saturated rings. The Labute approximate surface area is 179 Å². The normalized spacial score (nSPS) is 12.5. The zero-order valence-electron chi connectivity index (χ0n) is 16.0. The molecule has 0 bridgehead atoms. The van der Waals surface area contributed by atoms with Crippen LogP contribution in [0, 0.1) is 0 Å². The molecule has 176 valence electrons. The molecule has 33 heavy (non-hydrogen) atoms. The van der Waals surface area contributed by atoms with Crippen molar-refractivity contribution >= 4 is 11.6 Å². The number of hydrogen-bond donors (Lipinski definition) is 1. The van der Waals surface area contributed by atoms with Gasteiger partial charge in [-0.3, -0.25) is 0 Å². The number of rotatable bonds is 5. The maximum Gasteiger partial charge on any atom is 0.422 e. The van der Waals surface area contributed by atoms with Gasteiger partial charge in [-0.2, -0.15) is 54.5 Å². The van der Waals surface area contributed by atoms with Gasteiger partial charge in [0.25, 0.3) is 0 Å². The Morgan fingerprint density at radius 1 is 0.727 bits per heavy atom. The summed E-state index contributed by atoms with van der Waals surface area (Å²) in [5.74, 6) is -1.04. The van der Waals surface area contributed by atoms with E-state index in [1.54, 1.807) is 0 Å². The third-order valence-electron chi connectivity index (χ3n) is 3.87. The molecule has 0 aliphatic carbocycles. The van der Waals surface area contributed by atoms with E-state index >= 15 is 0 Å². The molecule has 0 aliphatic rings. The first-order valence-electron chi connectivity index (χ1n) is 8.78.